The zero-order chi connectivity index (χ0) is 14.8. The fourth-order valence-corrected chi connectivity index (χ4v) is 2.48. The minimum Gasteiger partial charge on any atom is -0.383 e. The van der Waals surface area contributed by atoms with Gasteiger partial charge in [-0.3, -0.25) is 4.90 Å². The first-order valence-corrected chi connectivity index (χ1v) is 6.57. The average molecular weight is 289 g/mol. The zero-order valence-corrected chi connectivity index (χ0v) is 11.6. The molecule has 0 aromatic carbocycles. The van der Waals surface area contributed by atoms with Crippen LogP contribution in [0.3, 0.4) is 0 Å². The molecule has 1 aliphatic rings. The van der Waals surface area contributed by atoms with Gasteiger partial charge in [0, 0.05) is 19.3 Å². The third-order valence-corrected chi connectivity index (χ3v) is 3.41. The van der Waals surface area contributed by atoms with Crippen LogP contribution in [0.4, 0.5) is 13.2 Å². The summed E-state index contributed by atoms with van der Waals surface area (Å²) < 4.78 is 43.5. The Morgan fingerprint density at radius 1 is 1.40 bits per heavy atom. The molecule has 4 nitrogen and oxygen atoms in total. The molecule has 1 saturated heterocycles. The highest BCUT2D eigenvalue weighted by Gasteiger charge is 2.35. The molecule has 1 aromatic rings. The van der Waals surface area contributed by atoms with Gasteiger partial charge in [0.15, 0.2) is 0 Å². The predicted molar refractivity (Wildman–Crippen MR) is 67.2 cm³/mol. The smallest absolute Gasteiger partial charge is 0.383 e. The van der Waals surface area contributed by atoms with Crippen LogP contribution in [0.15, 0.2) is 6.07 Å². The predicted octanol–water partition coefficient (Wildman–Crippen LogP) is 2.59. The number of halogens is 3. The van der Waals surface area contributed by atoms with Crippen LogP contribution in [-0.2, 0) is 10.9 Å². The molecule has 1 atom stereocenters. The van der Waals surface area contributed by atoms with E-state index >= 15 is 0 Å². The van der Waals surface area contributed by atoms with Gasteiger partial charge in [0.2, 0.25) is 0 Å². The quantitative estimate of drug-likeness (QED) is 0.854. The van der Waals surface area contributed by atoms with E-state index in [4.69, 9.17) is 4.74 Å². The Bertz CT molecular complexity index is 465. The lowest BCUT2D eigenvalue weighted by atomic mass is 10.2. The van der Waals surface area contributed by atoms with Crippen molar-refractivity contribution in [3.05, 3.63) is 23.3 Å². The minimum atomic E-state index is -4.43. The van der Waals surface area contributed by atoms with E-state index in [9.17, 15) is 13.2 Å². The van der Waals surface area contributed by atoms with Crippen LogP contribution in [0.25, 0.3) is 0 Å². The van der Waals surface area contributed by atoms with Crippen molar-refractivity contribution >= 4 is 0 Å². The van der Waals surface area contributed by atoms with Crippen molar-refractivity contribution in [1.29, 1.82) is 0 Å². The first-order valence-electron chi connectivity index (χ1n) is 6.57. The van der Waals surface area contributed by atoms with Gasteiger partial charge in [-0.2, -0.15) is 13.2 Å². The molecule has 1 aliphatic heterocycles. The van der Waals surface area contributed by atoms with Crippen molar-refractivity contribution in [2.75, 3.05) is 26.8 Å². The van der Waals surface area contributed by atoms with Gasteiger partial charge in [0.05, 0.1) is 12.6 Å². The van der Waals surface area contributed by atoms with Crippen molar-refractivity contribution in [2.45, 2.75) is 32.0 Å². The van der Waals surface area contributed by atoms with Crippen molar-refractivity contribution in [2.24, 2.45) is 0 Å². The van der Waals surface area contributed by atoms with Crippen LogP contribution < -0.4 is 0 Å². The largest absolute Gasteiger partial charge is 0.433 e. The van der Waals surface area contributed by atoms with Crippen molar-refractivity contribution in [3.8, 4) is 0 Å². The highest BCUT2D eigenvalue weighted by atomic mass is 19.4. The van der Waals surface area contributed by atoms with Gasteiger partial charge < -0.3 is 4.74 Å². The van der Waals surface area contributed by atoms with E-state index in [2.05, 4.69) is 14.9 Å². The summed E-state index contributed by atoms with van der Waals surface area (Å²) in [7, 11) is 1.61. The Kier molecular flexibility index (Phi) is 4.59. The minimum absolute atomic E-state index is 0.147. The maximum Gasteiger partial charge on any atom is 0.433 e. The Morgan fingerprint density at radius 2 is 2.15 bits per heavy atom. The molecular weight excluding hydrogens is 271 g/mol. The van der Waals surface area contributed by atoms with Crippen molar-refractivity contribution in [3.63, 3.8) is 0 Å². The maximum atomic E-state index is 12.8. The van der Waals surface area contributed by atoms with E-state index in [0.717, 1.165) is 25.5 Å². The lowest BCUT2D eigenvalue weighted by Crippen LogP contribution is -2.29. The molecule has 2 heterocycles. The van der Waals surface area contributed by atoms with Gasteiger partial charge in [0.1, 0.15) is 11.5 Å². The normalized spacial score (nSPS) is 20.6. The molecule has 1 aromatic heterocycles. The second kappa shape index (κ2) is 6.05. The summed E-state index contributed by atoms with van der Waals surface area (Å²) in [6.45, 7) is 3.63. The highest BCUT2D eigenvalue weighted by molar-refractivity contribution is 5.15. The van der Waals surface area contributed by atoms with Crippen LogP contribution in [0.5, 0.6) is 0 Å². The first kappa shape index (κ1) is 15.2. The number of rotatable bonds is 4. The number of aryl methyl sites for hydroxylation is 1. The molecule has 0 saturated carbocycles. The molecule has 20 heavy (non-hydrogen) atoms. The molecule has 0 bridgehead atoms. The summed E-state index contributed by atoms with van der Waals surface area (Å²) in [4.78, 5) is 10.0. The van der Waals surface area contributed by atoms with E-state index in [-0.39, 0.29) is 11.9 Å². The van der Waals surface area contributed by atoms with Crippen molar-refractivity contribution in [1.82, 2.24) is 14.9 Å². The van der Waals surface area contributed by atoms with E-state index in [1.54, 1.807) is 14.0 Å². The van der Waals surface area contributed by atoms with Gasteiger partial charge in [0.25, 0.3) is 0 Å². The fraction of sp³-hybridized carbons (Fsp3) is 0.692. The zero-order valence-electron chi connectivity index (χ0n) is 11.6. The summed E-state index contributed by atoms with van der Waals surface area (Å²) in [5, 5.41) is 0. The Balaban J connectivity index is 2.25. The summed E-state index contributed by atoms with van der Waals surface area (Å²) in [5.74, 6) is 0.269. The monoisotopic (exact) mass is 289 g/mol. The van der Waals surface area contributed by atoms with E-state index < -0.39 is 11.9 Å². The summed E-state index contributed by atoms with van der Waals surface area (Å²) >= 11 is 0. The maximum absolute atomic E-state index is 12.8. The molecule has 0 spiro atoms. The molecular formula is C13H18F3N3O. The Hall–Kier alpha value is -1.21. The van der Waals surface area contributed by atoms with Crippen LogP contribution in [0.1, 0.15) is 36.1 Å². The average Bonchev–Trinajstić information content (AvgIpc) is 2.82. The Morgan fingerprint density at radius 3 is 2.80 bits per heavy atom. The van der Waals surface area contributed by atoms with Gasteiger partial charge in [-0.1, -0.05) is 0 Å². The first-order chi connectivity index (χ1) is 9.41. The summed E-state index contributed by atoms with van der Waals surface area (Å²) in [6.07, 6.45) is -2.71. The molecule has 0 N–H and O–H groups in total. The van der Waals surface area contributed by atoms with Gasteiger partial charge >= 0.3 is 6.18 Å². The number of nitrogens with zero attached hydrogens (tertiary/aromatic N) is 3. The molecule has 0 radical (unpaired) electrons. The van der Waals surface area contributed by atoms with Gasteiger partial charge in [-0.05, 0) is 32.4 Å². The molecule has 0 aliphatic carbocycles. The van der Waals surface area contributed by atoms with Crippen LogP contribution in [0.2, 0.25) is 0 Å². The van der Waals surface area contributed by atoms with E-state index in [1.807, 2.05) is 0 Å². The molecule has 2 rings (SSSR count). The Labute approximate surface area is 116 Å². The van der Waals surface area contributed by atoms with Crippen LogP contribution in [0, 0.1) is 6.92 Å². The number of alkyl halides is 3. The lowest BCUT2D eigenvalue weighted by molar-refractivity contribution is -0.141. The van der Waals surface area contributed by atoms with Crippen LogP contribution >= 0.6 is 0 Å². The molecule has 112 valence electrons. The number of hydrogen-bond acceptors (Lipinski definition) is 4. The standard InChI is InChI=1S/C13H18F3N3O/c1-9-8-11(13(14,15)16)18-12(17-9)10-4-3-5-19(10)6-7-20-2/h8,10H,3-7H2,1-2H3. The third kappa shape index (κ3) is 3.46. The molecule has 7 heteroatoms. The van der Waals surface area contributed by atoms with E-state index in [1.165, 1.54) is 0 Å². The number of likely N-dealkylation sites (tertiary alicyclic amines) is 1. The summed E-state index contributed by atoms with van der Waals surface area (Å²) in [6, 6.07) is 0.837. The molecule has 0 amide bonds. The van der Waals surface area contributed by atoms with Crippen LogP contribution in [-0.4, -0.2) is 41.7 Å². The highest BCUT2D eigenvalue weighted by Crippen LogP contribution is 2.33. The SMILES string of the molecule is COCCN1CCCC1c1nc(C)cc(C(F)(F)F)n1. The number of hydrogen-bond donors (Lipinski definition) is 0. The third-order valence-electron chi connectivity index (χ3n) is 3.41. The lowest BCUT2D eigenvalue weighted by Gasteiger charge is -2.23. The topological polar surface area (TPSA) is 38.2 Å². The summed E-state index contributed by atoms with van der Waals surface area (Å²) in [5.41, 5.74) is -0.514. The molecule has 1 unspecified atom stereocenters. The van der Waals surface area contributed by atoms with Gasteiger partial charge in [-0.25, -0.2) is 9.97 Å². The second-order valence-corrected chi connectivity index (χ2v) is 4.94. The fourth-order valence-electron chi connectivity index (χ4n) is 2.48. The number of ether oxygens (including phenoxy) is 1. The van der Waals surface area contributed by atoms with Gasteiger partial charge in [-0.15, -0.1) is 0 Å². The molecule has 1 fully saturated rings. The number of methoxy groups -OCH3 is 1. The number of aromatic nitrogens is 2. The second-order valence-electron chi connectivity index (χ2n) is 4.94. The van der Waals surface area contributed by atoms with Crippen molar-refractivity contribution < 1.29 is 17.9 Å². The van der Waals surface area contributed by atoms with E-state index in [0.29, 0.717) is 18.8 Å².